The Balaban J connectivity index is 3.57. The largest absolute Gasteiger partial charge is 0.368 e. The molecule has 1 atom stereocenters. The number of carbonyl (C=O) groups excluding carboxylic acids is 2. The standard InChI is InChI=1S/C19H38N2O2/c1-4-5-6-7-8-9-10-11-12-13-14-18(22)21-17(19(20)23)15-16(2)3/h16-17H,4-15H2,1-3H3,(H2,20,23)(H,21,22)/t17-/m0/s1. The van der Waals surface area contributed by atoms with Crippen molar-refractivity contribution in [2.75, 3.05) is 0 Å². The van der Waals surface area contributed by atoms with Crippen LogP contribution in [0.25, 0.3) is 0 Å². The second-order valence-corrected chi connectivity index (χ2v) is 7.08. The summed E-state index contributed by atoms with van der Waals surface area (Å²) in [6, 6.07) is -0.523. The van der Waals surface area contributed by atoms with E-state index in [2.05, 4.69) is 12.2 Å². The number of primary amides is 1. The van der Waals surface area contributed by atoms with Crippen LogP contribution in [0.3, 0.4) is 0 Å². The average Bonchev–Trinajstić information content (AvgIpc) is 2.48. The highest BCUT2D eigenvalue weighted by molar-refractivity contribution is 5.86. The van der Waals surface area contributed by atoms with Crippen molar-refractivity contribution in [1.82, 2.24) is 5.32 Å². The van der Waals surface area contributed by atoms with Crippen LogP contribution >= 0.6 is 0 Å². The molecule has 136 valence electrons. The summed E-state index contributed by atoms with van der Waals surface area (Å²) in [5, 5.41) is 2.77. The molecule has 0 heterocycles. The molecular formula is C19H38N2O2. The van der Waals surface area contributed by atoms with E-state index in [1.54, 1.807) is 0 Å². The van der Waals surface area contributed by atoms with Crippen LogP contribution < -0.4 is 11.1 Å². The Labute approximate surface area is 143 Å². The van der Waals surface area contributed by atoms with Crippen LogP contribution in [-0.2, 0) is 9.59 Å². The Bertz CT molecular complexity index is 316. The van der Waals surface area contributed by atoms with Crippen molar-refractivity contribution >= 4 is 11.8 Å². The number of hydrogen-bond acceptors (Lipinski definition) is 2. The van der Waals surface area contributed by atoms with Crippen LogP contribution in [0.5, 0.6) is 0 Å². The lowest BCUT2D eigenvalue weighted by molar-refractivity contribution is -0.127. The third kappa shape index (κ3) is 14.3. The van der Waals surface area contributed by atoms with Crippen LogP contribution in [0, 0.1) is 5.92 Å². The minimum Gasteiger partial charge on any atom is -0.368 e. The number of nitrogens with two attached hydrogens (primary N) is 1. The number of nitrogens with one attached hydrogen (secondary N) is 1. The first-order valence-corrected chi connectivity index (χ1v) is 9.56. The number of amides is 2. The van der Waals surface area contributed by atoms with Gasteiger partial charge in [-0.15, -0.1) is 0 Å². The molecule has 0 saturated carbocycles. The molecule has 0 fully saturated rings. The van der Waals surface area contributed by atoms with E-state index < -0.39 is 11.9 Å². The van der Waals surface area contributed by atoms with Crippen LogP contribution in [0.15, 0.2) is 0 Å². The van der Waals surface area contributed by atoms with Gasteiger partial charge >= 0.3 is 0 Å². The normalized spacial score (nSPS) is 12.3. The van der Waals surface area contributed by atoms with Crippen molar-refractivity contribution in [3.8, 4) is 0 Å². The highest BCUT2D eigenvalue weighted by Gasteiger charge is 2.18. The summed E-state index contributed by atoms with van der Waals surface area (Å²) in [7, 11) is 0. The van der Waals surface area contributed by atoms with Crippen molar-refractivity contribution in [2.24, 2.45) is 11.7 Å². The van der Waals surface area contributed by atoms with Gasteiger partial charge in [-0.2, -0.15) is 0 Å². The Hall–Kier alpha value is -1.06. The molecule has 0 aromatic heterocycles. The lowest BCUT2D eigenvalue weighted by atomic mass is 10.0. The van der Waals surface area contributed by atoms with Crippen molar-refractivity contribution in [3.63, 3.8) is 0 Å². The summed E-state index contributed by atoms with van der Waals surface area (Å²) in [5.41, 5.74) is 5.33. The van der Waals surface area contributed by atoms with Gasteiger partial charge in [-0.1, -0.05) is 78.6 Å². The van der Waals surface area contributed by atoms with Gasteiger partial charge in [0.2, 0.25) is 11.8 Å². The molecule has 0 unspecified atom stereocenters. The van der Waals surface area contributed by atoms with E-state index in [1.807, 2.05) is 13.8 Å². The lowest BCUT2D eigenvalue weighted by Crippen LogP contribution is -2.45. The fraction of sp³-hybridized carbons (Fsp3) is 0.895. The SMILES string of the molecule is CCCCCCCCCCCCC(=O)N[C@@H](CC(C)C)C(N)=O. The van der Waals surface area contributed by atoms with Crippen molar-refractivity contribution in [3.05, 3.63) is 0 Å². The summed E-state index contributed by atoms with van der Waals surface area (Å²) < 4.78 is 0. The maximum Gasteiger partial charge on any atom is 0.240 e. The topological polar surface area (TPSA) is 72.2 Å². The molecular weight excluding hydrogens is 288 g/mol. The Morgan fingerprint density at radius 2 is 1.35 bits per heavy atom. The smallest absolute Gasteiger partial charge is 0.240 e. The van der Waals surface area contributed by atoms with Crippen molar-refractivity contribution in [1.29, 1.82) is 0 Å². The highest BCUT2D eigenvalue weighted by atomic mass is 16.2. The first-order valence-electron chi connectivity index (χ1n) is 9.56. The molecule has 2 amide bonds. The van der Waals surface area contributed by atoms with Crippen LogP contribution in [0.4, 0.5) is 0 Å². The van der Waals surface area contributed by atoms with Gasteiger partial charge < -0.3 is 11.1 Å². The van der Waals surface area contributed by atoms with Gasteiger partial charge in [0, 0.05) is 6.42 Å². The monoisotopic (exact) mass is 326 g/mol. The third-order valence-corrected chi connectivity index (χ3v) is 4.14. The van der Waals surface area contributed by atoms with Crippen LogP contribution in [0.2, 0.25) is 0 Å². The summed E-state index contributed by atoms with van der Waals surface area (Å²) in [6.45, 7) is 6.28. The molecule has 0 aromatic rings. The van der Waals surface area contributed by atoms with Crippen molar-refractivity contribution < 1.29 is 9.59 Å². The molecule has 0 aliphatic rings. The molecule has 4 nitrogen and oxygen atoms in total. The number of rotatable bonds is 15. The van der Waals surface area contributed by atoms with Gasteiger partial charge in [0.25, 0.3) is 0 Å². The average molecular weight is 327 g/mol. The fourth-order valence-corrected chi connectivity index (χ4v) is 2.76. The highest BCUT2D eigenvalue weighted by Crippen LogP contribution is 2.11. The zero-order valence-corrected chi connectivity index (χ0v) is 15.5. The fourth-order valence-electron chi connectivity index (χ4n) is 2.76. The van der Waals surface area contributed by atoms with Gasteiger partial charge in [-0.25, -0.2) is 0 Å². The second-order valence-electron chi connectivity index (χ2n) is 7.08. The molecule has 0 bridgehead atoms. The molecule has 0 aliphatic carbocycles. The molecule has 4 heteroatoms. The molecule has 3 N–H and O–H groups in total. The maximum absolute atomic E-state index is 11.9. The summed E-state index contributed by atoms with van der Waals surface area (Å²) in [5.74, 6) is -0.144. The minimum atomic E-state index is -0.523. The molecule has 0 aliphatic heterocycles. The Morgan fingerprint density at radius 1 is 0.870 bits per heavy atom. The second kappa shape index (κ2) is 14.5. The Kier molecular flexibility index (Phi) is 13.9. The van der Waals surface area contributed by atoms with Gasteiger partial charge in [0.15, 0.2) is 0 Å². The first-order chi connectivity index (χ1) is 11.0. The van der Waals surface area contributed by atoms with E-state index in [-0.39, 0.29) is 5.91 Å². The molecule has 0 radical (unpaired) electrons. The summed E-state index contributed by atoms with van der Waals surface area (Å²) in [4.78, 5) is 23.2. The van der Waals surface area contributed by atoms with E-state index in [1.165, 1.54) is 51.4 Å². The van der Waals surface area contributed by atoms with Crippen molar-refractivity contribution in [2.45, 2.75) is 104 Å². The summed E-state index contributed by atoms with van der Waals surface area (Å²) >= 11 is 0. The van der Waals surface area contributed by atoms with Gasteiger partial charge in [-0.3, -0.25) is 9.59 Å². The van der Waals surface area contributed by atoms with Crippen LogP contribution in [-0.4, -0.2) is 17.9 Å². The van der Waals surface area contributed by atoms with E-state index in [0.717, 1.165) is 12.8 Å². The van der Waals surface area contributed by atoms with E-state index in [4.69, 9.17) is 5.73 Å². The molecule has 23 heavy (non-hydrogen) atoms. The van der Waals surface area contributed by atoms with Crippen LogP contribution in [0.1, 0.15) is 97.8 Å². The molecule has 0 aromatic carbocycles. The predicted octanol–water partition coefficient (Wildman–Crippen LogP) is 4.31. The predicted molar refractivity (Wildman–Crippen MR) is 97.0 cm³/mol. The number of carbonyl (C=O) groups is 2. The minimum absolute atomic E-state index is 0.0472. The molecule has 0 saturated heterocycles. The van der Waals surface area contributed by atoms with Gasteiger partial charge in [-0.05, 0) is 18.8 Å². The zero-order chi connectivity index (χ0) is 17.5. The van der Waals surface area contributed by atoms with E-state index in [0.29, 0.717) is 18.8 Å². The number of hydrogen-bond donors (Lipinski definition) is 2. The molecule has 0 spiro atoms. The zero-order valence-electron chi connectivity index (χ0n) is 15.5. The van der Waals surface area contributed by atoms with Gasteiger partial charge in [0.1, 0.15) is 6.04 Å². The summed E-state index contributed by atoms with van der Waals surface area (Å²) in [6.07, 6.45) is 13.6. The first kappa shape index (κ1) is 21.9. The quantitative estimate of drug-likeness (QED) is 0.440. The maximum atomic E-state index is 11.9. The van der Waals surface area contributed by atoms with E-state index in [9.17, 15) is 9.59 Å². The van der Waals surface area contributed by atoms with E-state index >= 15 is 0 Å². The number of unbranched alkanes of at least 4 members (excludes halogenated alkanes) is 9. The van der Waals surface area contributed by atoms with Gasteiger partial charge in [0.05, 0.1) is 0 Å². The third-order valence-electron chi connectivity index (χ3n) is 4.14. The Morgan fingerprint density at radius 3 is 1.78 bits per heavy atom. The molecule has 0 rings (SSSR count). The lowest BCUT2D eigenvalue weighted by Gasteiger charge is -2.17.